The standard InChI is InChI=1S/C26H20N2O3/c1-30-25-9-5-2-6-20(25)13-15-21(29)14-10-19-11-16-22(17-12-19)31-26-23-7-3-4-8-24(23)27-18-28-26/h2-18H,1H3/b14-10+,15-13+. The van der Waals surface area contributed by atoms with Crippen molar-refractivity contribution in [2.75, 3.05) is 7.11 Å². The number of para-hydroxylation sites is 2. The number of rotatable bonds is 7. The van der Waals surface area contributed by atoms with Crippen molar-refractivity contribution in [2.45, 2.75) is 0 Å². The van der Waals surface area contributed by atoms with Gasteiger partial charge in [-0.3, -0.25) is 4.79 Å². The lowest BCUT2D eigenvalue weighted by Gasteiger charge is -2.07. The second-order valence-electron chi connectivity index (χ2n) is 6.68. The largest absolute Gasteiger partial charge is 0.496 e. The predicted molar refractivity (Wildman–Crippen MR) is 122 cm³/mol. The fourth-order valence-electron chi connectivity index (χ4n) is 3.03. The van der Waals surface area contributed by atoms with E-state index < -0.39 is 0 Å². The van der Waals surface area contributed by atoms with E-state index in [2.05, 4.69) is 9.97 Å². The number of methoxy groups -OCH3 is 1. The maximum absolute atomic E-state index is 12.2. The minimum absolute atomic E-state index is 0.112. The monoisotopic (exact) mass is 408 g/mol. The summed E-state index contributed by atoms with van der Waals surface area (Å²) in [5, 5.41) is 0.849. The molecule has 0 radical (unpaired) electrons. The average Bonchev–Trinajstić information content (AvgIpc) is 2.82. The third-order valence-corrected chi connectivity index (χ3v) is 4.61. The van der Waals surface area contributed by atoms with Crippen LogP contribution in [-0.4, -0.2) is 22.9 Å². The molecule has 5 heteroatoms. The van der Waals surface area contributed by atoms with Gasteiger partial charge in [0, 0.05) is 5.56 Å². The molecule has 4 rings (SSSR count). The highest BCUT2D eigenvalue weighted by atomic mass is 16.5. The molecule has 0 aliphatic heterocycles. The molecule has 0 amide bonds. The summed E-state index contributed by atoms with van der Waals surface area (Å²) in [4.78, 5) is 20.6. The van der Waals surface area contributed by atoms with Gasteiger partial charge < -0.3 is 9.47 Å². The van der Waals surface area contributed by atoms with E-state index >= 15 is 0 Å². The van der Waals surface area contributed by atoms with Crippen LogP contribution in [0.1, 0.15) is 11.1 Å². The molecule has 0 aliphatic rings. The minimum Gasteiger partial charge on any atom is -0.496 e. The van der Waals surface area contributed by atoms with E-state index in [1.807, 2.05) is 72.8 Å². The van der Waals surface area contributed by atoms with Crippen LogP contribution in [0.2, 0.25) is 0 Å². The van der Waals surface area contributed by atoms with Gasteiger partial charge in [-0.1, -0.05) is 48.5 Å². The molecule has 152 valence electrons. The molecule has 4 aromatic rings. The molecule has 0 spiro atoms. The molecule has 0 aliphatic carbocycles. The van der Waals surface area contributed by atoms with Gasteiger partial charge in [0.2, 0.25) is 5.88 Å². The minimum atomic E-state index is -0.112. The van der Waals surface area contributed by atoms with E-state index in [0.717, 1.165) is 27.8 Å². The van der Waals surface area contributed by atoms with Crippen LogP contribution in [0.4, 0.5) is 0 Å². The summed E-state index contributed by atoms with van der Waals surface area (Å²) < 4.78 is 11.2. The van der Waals surface area contributed by atoms with Crippen molar-refractivity contribution in [3.8, 4) is 17.4 Å². The van der Waals surface area contributed by atoms with E-state index in [1.54, 1.807) is 19.3 Å². The highest BCUT2D eigenvalue weighted by molar-refractivity contribution is 6.04. The summed E-state index contributed by atoms with van der Waals surface area (Å²) in [7, 11) is 1.61. The summed E-state index contributed by atoms with van der Waals surface area (Å²) >= 11 is 0. The third-order valence-electron chi connectivity index (χ3n) is 4.61. The van der Waals surface area contributed by atoms with Crippen molar-refractivity contribution in [1.29, 1.82) is 0 Å². The molecule has 1 heterocycles. The van der Waals surface area contributed by atoms with Crippen molar-refractivity contribution >= 4 is 28.8 Å². The van der Waals surface area contributed by atoms with Gasteiger partial charge in [0.25, 0.3) is 0 Å². The zero-order valence-electron chi connectivity index (χ0n) is 16.9. The van der Waals surface area contributed by atoms with Gasteiger partial charge in [-0.25, -0.2) is 9.97 Å². The molecule has 1 aromatic heterocycles. The summed E-state index contributed by atoms with van der Waals surface area (Å²) in [5.41, 5.74) is 2.57. The van der Waals surface area contributed by atoms with Crippen LogP contribution in [0.5, 0.6) is 17.4 Å². The number of allylic oxidation sites excluding steroid dienone is 2. The Kier molecular flexibility index (Phi) is 6.14. The zero-order chi connectivity index (χ0) is 21.5. The van der Waals surface area contributed by atoms with Crippen LogP contribution in [0, 0.1) is 0 Å². The van der Waals surface area contributed by atoms with Gasteiger partial charge in [-0.15, -0.1) is 0 Å². The van der Waals surface area contributed by atoms with Gasteiger partial charge >= 0.3 is 0 Å². The van der Waals surface area contributed by atoms with E-state index in [9.17, 15) is 4.79 Å². The molecule has 0 N–H and O–H groups in total. The van der Waals surface area contributed by atoms with Gasteiger partial charge in [0.05, 0.1) is 18.0 Å². The van der Waals surface area contributed by atoms with Crippen LogP contribution < -0.4 is 9.47 Å². The van der Waals surface area contributed by atoms with Gasteiger partial charge in [-0.2, -0.15) is 0 Å². The number of benzene rings is 3. The van der Waals surface area contributed by atoms with Crippen LogP contribution in [0.25, 0.3) is 23.1 Å². The first-order valence-electron chi connectivity index (χ1n) is 9.74. The van der Waals surface area contributed by atoms with E-state index in [4.69, 9.17) is 9.47 Å². The Morgan fingerprint density at radius 2 is 1.58 bits per heavy atom. The number of ether oxygens (including phenoxy) is 2. The first-order valence-corrected chi connectivity index (χ1v) is 9.74. The number of hydrogen-bond donors (Lipinski definition) is 0. The summed E-state index contributed by atoms with van der Waals surface area (Å²) in [5.74, 6) is 1.77. The second kappa shape index (κ2) is 9.50. The molecule has 0 bridgehead atoms. The summed E-state index contributed by atoms with van der Waals surface area (Å²) in [6.07, 6.45) is 8.04. The zero-order valence-corrected chi connectivity index (χ0v) is 16.9. The Balaban J connectivity index is 1.41. The van der Waals surface area contributed by atoms with Crippen molar-refractivity contribution in [3.05, 3.63) is 102 Å². The Bertz CT molecular complexity index is 1260. The number of carbonyl (C=O) groups is 1. The Morgan fingerprint density at radius 3 is 2.42 bits per heavy atom. The third kappa shape index (κ3) is 5.03. The second-order valence-corrected chi connectivity index (χ2v) is 6.68. The van der Waals surface area contributed by atoms with E-state index in [-0.39, 0.29) is 5.78 Å². The lowest BCUT2D eigenvalue weighted by molar-refractivity contribution is -0.110. The number of carbonyl (C=O) groups excluding carboxylic acids is 1. The Labute approximate surface area is 180 Å². The lowest BCUT2D eigenvalue weighted by atomic mass is 10.1. The normalized spacial score (nSPS) is 11.3. The lowest BCUT2D eigenvalue weighted by Crippen LogP contribution is -1.91. The van der Waals surface area contributed by atoms with Gasteiger partial charge in [0.15, 0.2) is 5.78 Å². The van der Waals surface area contributed by atoms with Crippen LogP contribution >= 0.6 is 0 Å². The first kappa shape index (κ1) is 20.0. The quantitative estimate of drug-likeness (QED) is 0.366. The molecular weight excluding hydrogens is 388 g/mol. The molecule has 3 aromatic carbocycles. The van der Waals surface area contributed by atoms with Crippen molar-refractivity contribution in [2.24, 2.45) is 0 Å². The number of nitrogens with zero attached hydrogens (tertiary/aromatic N) is 2. The topological polar surface area (TPSA) is 61.3 Å². The highest BCUT2D eigenvalue weighted by Crippen LogP contribution is 2.26. The SMILES string of the molecule is COc1ccccc1/C=C/C(=O)/C=C/c1ccc(Oc2ncnc3ccccc23)cc1. The van der Waals surface area contributed by atoms with Crippen LogP contribution in [-0.2, 0) is 4.79 Å². The smallest absolute Gasteiger partial charge is 0.230 e. The Morgan fingerprint density at radius 1 is 0.839 bits per heavy atom. The maximum atomic E-state index is 12.2. The molecule has 0 saturated heterocycles. The highest BCUT2D eigenvalue weighted by Gasteiger charge is 2.05. The van der Waals surface area contributed by atoms with Crippen LogP contribution in [0.3, 0.4) is 0 Å². The molecule has 0 atom stereocenters. The summed E-state index contributed by atoms with van der Waals surface area (Å²) in [6.45, 7) is 0. The number of fused-ring (bicyclic) bond motifs is 1. The number of ketones is 1. The van der Waals surface area contributed by atoms with Crippen LogP contribution in [0.15, 0.2) is 91.3 Å². The molecule has 0 fully saturated rings. The molecule has 0 saturated carbocycles. The van der Waals surface area contributed by atoms with Gasteiger partial charge in [-0.05, 0) is 54.1 Å². The van der Waals surface area contributed by atoms with E-state index in [0.29, 0.717) is 11.6 Å². The molecular formula is C26H20N2O3. The van der Waals surface area contributed by atoms with E-state index in [1.165, 1.54) is 18.5 Å². The van der Waals surface area contributed by atoms with Crippen molar-refractivity contribution in [3.63, 3.8) is 0 Å². The number of hydrogen-bond acceptors (Lipinski definition) is 5. The molecule has 5 nitrogen and oxygen atoms in total. The van der Waals surface area contributed by atoms with Gasteiger partial charge in [0.1, 0.15) is 17.8 Å². The maximum Gasteiger partial charge on any atom is 0.230 e. The van der Waals surface area contributed by atoms with Crippen molar-refractivity contribution in [1.82, 2.24) is 9.97 Å². The fraction of sp³-hybridized carbons (Fsp3) is 0.0385. The predicted octanol–water partition coefficient (Wildman–Crippen LogP) is 5.73. The Hall–Kier alpha value is -4.25. The van der Waals surface area contributed by atoms with Crippen molar-refractivity contribution < 1.29 is 14.3 Å². The molecule has 31 heavy (non-hydrogen) atoms. The number of aromatic nitrogens is 2. The first-order chi connectivity index (χ1) is 15.2. The summed E-state index contributed by atoms with van der Waals surface area (Å²) in [6, 6.07) is 22.7. The average molecular weight is 408 g/mol. The fourth-order valence-corrected chi connectivity index (χ4v) is 3.03. The molecule has 0 unspecified atom stereocenters.